The van der Waals surface area contributed by atoms with Gasteiger partial charge in [0, 0.05) is 20.1 Å². The molecule has 0 amide bonds. The SMILES string of the molecule is CCCCCCCCC(CCCCCCCC)CCCCCCCN(CCCCCCCC(CC)CCCCCC)CCNc1c(NC)c(=O)c1=O. The van der Waals surface area contributed by atoms with Crippen molar-refractivity contribution in [1.29, 1.82) is 0 Å². The molecule has 1 aromatic carbocycles. The Morgan fingerprint density at radius 1 is 0.423 bits per heavy atom. The van der Waals surface area contributed by atoms with E-state index in [0.717, 1.165) is 38.0 Å². The highest BCUT2D eigenvalue weighted by Crippen LogP contribution is 2.25. The maximum Gasteiger partial charge on any atom is 0.253 e. The molecule has 0 fully saturated rings. The number of hydrogen-bond donors (Lipinski definition) is 2. The van der Waals surface area contributed by atoms with Crippen molar-refractivity contribution in [2.75, 3.05) is 43.9 Å². The second kappa shape index (κ2) is 35.3. The Kier molecular flexibility index (Phi) is 33.1. The maximum atomic E-state index is 12.1. The average molecular weight is 730 g/mol. The normalized spacial score (nSPS) is 12.4. The van der Waals surface area contributed by atoms with Gasteiger partial charge in [-0.2, -0.15) is 0 Å². The lowest BCUT2D eigenvalue weighted by molar-refractivity contribution is 0.268. The summed E-state index contributed by atoms with van der Waals surface area (Å²) in [5.41, 5.74) is 0.168. The van der Waals surface area contributed by atoms with Crippen molar-refractivity contribution in [2.45, 2.75) is 233 Å². The molecular formula is C47H91N3O2. The number of anilines is 2. The summed E-state index contributed by atoms with van der Waals surface area (Å²) in [4.78, 5) is 26.5. The molecule has 0 aliphatic carbocycles. The number of rotatable bonds is 41. The molecule has 0 saturated heterocycles. The van der Waals surface area contributed by atoms with E-state index in [1.54, 1.807) is 7.05 Å². The van der Waals surface area contributed by atoms with E-state index in [1.807, 2.05) is 0 Å². The fraction of sp³-hybridized carbons (Fsp3) is 0.915. The van der Waals surface area contributed by atoms with Gasteiger partial charge in [0.25, 0.3) is 10.9 Å². The van der Waals surface area contributed by atoms with E-state index in [0.29, 0.717) is 11.4 Å². The fourth-order valence-electron chi connectivity index (χ4n) is 8.34. The van der Waals surface area contributed by atoms with Gasteiger partial charge in [0.15, 0.2) is 0 Å². The van der Waals surface area contributed by atoms with Gasteiger partial charge in [0.2, 0.25) is 0 Å². The molecule has 52 heavy (non-hydrogen) atoms. The van der Waals surface area contributed by atoms with Crippen LogP contribution in [0.15, 0.2) is 9.59 Å². The largest absolute Gasteiger partial charge is 0.383 e. The molecule has 1 unspecified atom stereocenters. The first-order chi connectivity index (χ1) is 25.5. The minimum atomic E-state index is -0.389. The first-order valence-electron chi connectivity index (χ1n) is 23.5. The summed E-state index contributed by atoms with van der Waals surface area (Å²) in [5, 5.41) is 6.17. The molecule has 0 aliphatic rings. The zero-order valence-corrected chi connectivity index (χ0v) is 35.9. The molecule has 1 atom stereocenters. The molecule has 0 saturated carbocycles. The third-order valence-electron chi connectivity index (χ3n) is 12.0. The van der Waals surface area contributed by atoms with Gasteiger partial charge < -0.3 is 15.5 Å². The summed E-state index contributed by atoms with van der Waals surface area (Å²) in [6, 6.07) is 0. The Balaban J connectivity index is 2.40. The van der Waals surface area contributed by atoms with Crippen LogP contribution in [-0.4, -0.2) is 38.1 Å². The van der Waals surface area contributed by atoms with Crippen LogP contribution in [0.4, 0.5) is 11.4 Å². The van der Waals surface area contributed by atoms with Crippen molar-refractivity contribution in [3.8, 4) is 0 Å². The van der Waals surface area contributed by atoms with Gasteiger partial charge in [0.05, 0.1) is 0 Å². The molecule has 0 heterocycles. The minimum absolute atomic E-state index is 0.372. The van der Waals surface area contributed by atoms with Crippen LogP contribution >= 0.6 is 0 Å². The summed E-state index contributed by atoms with van der Waals surface area (Å²) in [7, 11) is 1.72. The highest BCUT2D eigenvalue weighted by molar-refractivity contribution is 5.73. The van der Waals surface area contributed by atoms with Crippen LogP contribution in [0.1, 0.15) is 233 Å². The van der Waals surface area contributed by atoms with Crippen molar-refractivity contribution < 1.29 is 0 Å². The van der Waals surface area contributed by atoms with Gasteiger partial charge in [-0.3, -0.25) is 9.59 Å². The molecule has 5 heteroatoms. The molecule has 0 aromatic heterocycles. The fourth-order valence-corrected chi connectivity index (χ4v) is 8.34. The van der Waals surface area contributed by atoms with E-state index in [9.17, 15) is 9.59 Å². The summed E-state index contributed by atoms with van der Waals surface area (Å²) in [6.07, 6.45) is 44.7. The smallest absolute Gasteiger partial charge is 0.253 e. The van der Waals surface area contributed by atoms with Gasteiger partial charge in [-0.05, 0) is 37.8 Å². The molecule has 0 bridgehead atoms. The maximum absolute atomic E-state index is 12.1. The Labute approximate surface area is 324 Å². The van der Waals surface area contributed by atoms with Gasteiger partial charge >= 0.3 is 0 Å². The molecule has 5 nitrogen and oxygen atoms in total. The quantitative estimate of drug-likeness (QED) is 0.0519. The highest BCUT2D eigenvalue weighted by Gasteiger charge is 2.19. The van der Waals surface area contributed by atoms with Crippen molar-refractivity contribution in [2.24, 2.45) is 11.8 Å². The number of nitrogens with one attached hydrogen (secondary N) is 2. The van der Waals surface area contributed by atoms with E-state index >= 15 is 0 Å². The zero-order valence-electron chi connectivity index (χ0n) is 35.9. The van der Waals surface area contributed by atoms with Crippen LogP contribution in [0.25, 0.3) is 0 Å². The lowest BCUT2D eigenvalue weighted by Crippen LogP contribution is -2.38. The van der Waals surface area contributed by atoms with E-state index in [4.69, 9.17) is 0 Å². The number of unbranched alkanes of at least 4 members (excludes halogenated alkanes) is 21. The molecule has 2 N–H and O–H groups in total. The van der Waals surface area contributed by atoms with Crippen LogP contribution in [0.2, 0.25) is 0 Å². The molecule has 0 spiro atoms. The number of nitrogens with zero attached hydrogens (tertiary/aromatic N) is 1. The topological polar surface area (TPSA) is 61.4 Å². The molecule has 0 aliphatic heterocycles. The standard InChI is InChI=1S/C47H91N3O2/c1-6-10-13-16-20-28-35-43(36-29-21-17-14-11-7-2)37-30-23-19-25-32-40-50(41-38-49-45-44(48-5)46(51)47(45)52)39-31-24-18-22-27-34-42(9-4)33-26-15-12-8-3/h42-43,48-49H,6-41H2,1-5H3. The minimum Gasteiger partial charge on any atom is -0.383 e. The van der Waals surface area contributed by atoms with Crippen LogP contribution < -0.4 is 21.5 Å². The predicted molar refractivity (Wildman–Crippen MR) is 233 cm³/mol. The third-order valence-corrected chi connectivity index (χ3v) is 12.0. The van der Waals surface area contributed by atoms with Crippen molar-refractivity contribution in [3.05, 3.63) is 20.4 Å². The monoisotopic (exact) mass is 730 g/mol. The Bertz CT molecular complexity index is 954. The second-order valence-electron chi connectivity index (χ2n) is 16.6. The van der Waals surface area contributed by atoms with Crippen molar-refractivity contribution in [3.63, 3.8) is 0 Å². The highest BCUT2D eigenvalue weighted by atomic mass is 16.2. The third kappa shape index (κ3) is 24.9. The van der Waals surface area contributed by atoms with Crippen molar-refractivity contribution in [1.82, 2.24) is 4.90 Å². The molecule has 1 rings (SSSR count). The average Bonchev–Trinajstić information content (AvgIpc) is 3.16. The molecule has 306 valence electrons. The zero-order chi connectivity index (χ0) is 37.9. The first-order valence-corrected chi connectivity index (χ1v) is 23.5. The number of hydrogen-bond acceptors (Lipinski definition) is 5. The van der Waals surface area contributed by atoms with Gasteiger partial charge in [-0.15, -0.1) is 0 Å². The Morgan fingerprint density at radius 3 is 1.17 bits per heavy atom. The second-order valence-corrected chi connectivity index (χ2v) is 16.6. The first kappa shape index (κ1) is 48.7. The molecular weight excluding hydrogens is 639 g/mol. The van der Waals surface area contributed by atoms with E-state index in [1.165, 1.54) is 205 Å². The Hall–Kier alpha value is -1.36. The van der Waals surface area contributed by atoms with Gasteiger partial charge in [0.1, 0.15) is 11.4 Å². The predicted octanol–water partition coefficient (Wildman–Crippen LogP) is 13.8. The summed E-state index contributed by atoms with van der Waals surface area (Å²) < 4.78 is 0. The summed E-state index contributed by atoms with van der Waals surface area (Å²) >= 11 is 0. The summed E-state index contributed by atoms with van der Waals surface area (Å²) in [5.74, 6) is 1.90. The van der Waals surface area contributed by atoms with E-state index in [-0.39, 0.29) is 10.9 Å². The molecule has 0 radical (unpaired) electrons. The van der Waals surface area contributed by atoms with Gasteiger partial charge in [-0.25, -0.2) is 0 Å². The summed E-state index contributed by atoms with van der Waals surface area (Å²) in [6.45, 7) is 13.2. The van der Waals surface area contributed by atoms with Crippen LogP contribution in [-0.2, 0) is 0 Å². The van der Waals surface area contributed by atoms with Crippen LogP contribution in [0.3, 0.4) is 0 Å². The van der Waals surface area contributed by atoms with E-state index < -0.39 is 0 Å². The van der Waals surface area contributed by atoms with Crippen LogP contribution in [0, 0.1) is 11.8 Å². The molecule has 1 aromatic rings. The Morgan fingerprint density at radius 2 is 0.769 bits per heavy atom. The van der Waals surface area contributed by atoms with Gasteiger partial charge in [-0.1, -0.05) is 220 Å². The lowest BCUT2D eigenvalue weighted by Gasteiger charge is -2.23. The lowest BCUT2D eigenvalue weighted by atomic mass is 9.89. The van der Waals surface area contributed by atoms with Crippen molar-refractivity contribution >= 4 is 11.4 Å². The van der Waals surface area contributed by atoms with E-state index in [2.05, 4.69) is 43.2 Å². The van der Waals surface area contributed by atoms with Crippen LogP contribution in [0.5, 0.6) is 0 Å².